The van der Waals surface area contributed by atoms with Crippen LogP contribution < -0.4 is 5.73 Å². The number of carbonyl (C=O) groups excluding carboxylic acids is 1. The number of hydrogen-bond acceptors (Lipinski definition) is 4. The predicted octanol–water partition coefficient (Wildman–Crippen LogP) is 0.692. The van der Waals surface area contributed by atoms with Crippen LogP contribution in [0.5, 0.6) is 0 Å². The van der Waals surface area contributed by atoms with Crippen molar-refractivity contribution in [3.05, 3.63) is 0 Å². The number of methoxy groups -OCH3 is 2. The molecule has 4 nitrogen and oxygen atoms in total. The maximum absolute atomic E-state index is 11.3. The molecule has 2 atom stereocenters. The molecule has 0 aromatic heterocycles. The summed E-state index contributed by atoms with van der Waals surface area (Å²) in [6, 6.07) is -0.544. The average Bonchev–Trinajstić information content (AvgIpc) is 2.99. The number of ether oxygens (including phenoxy) is 2. The molecule has 14 heavy (non-hydrogen) atoms. The zero-order chi connectivity index (χ0) is 10.8. The van der Waals surface area contributed by atoms with E-state index >= 15 is 0 Å². The fourth-order valence-electron chi connectivity index (χ4n) is 2.15. The third kappa shape index (κ3) is 1.77. The Morgan fingerprint density at radius 3 is 2.36 bits per heavy atom. The molecule has 2 unspecified atom stereocenters. The molecule has 1 aliphatic rings. The second kappa shape index (κ2) is 4.28. The van der Waals surface area contributed by atoms with Gasteiger partial charge < -0.3 is 15.2 Å². The minimum Gasteiger partial charge on any atom is -0.468 e. The molecule has 0 aromatic rings. The molecule has 2 N–H and O–H groups in total. The van der Waals surface area contributed by atoms with E-state index in [-0.39, 0.29) is 17.5 Å². The van der Waals surface area contributed by atoms with Crippen LogP contribution in [0.1, 0.15) is 26.2 Å². The van der Waals surface area contributed by atoms with Crippen LogP contribution in [-0.2, 0) is 14.3 Å². The Hall–Kier alpha value is -0.610. The SMILES string of the molecule is CCC(OC)C1(C(N)C(=O)OC)CC1. The fraction of sp³-hybridized carbons (Fsp3) is 0.900. The summed E-state index contributed by atoms with van der Waals surface area (Å²) in [7, 11) is 3.03. The molecule has 0 amide bonds. The maximum Gasteiger partial charge on any atom is 0.323 e. The van der Waals surface area contributed by atoms with Crippen molar-refractivity contribution in [2.45, 2.75) is 38.3 Å². The van der Waals surface area contributed by atoms with Gasteiger partial charge in [-0.05, 0) is 19.3 Å². The highest BCUT2D eigenvalue weighted by Gasteiger charge is 2.56. The van der Waals surface area contributed by atoms with Crippen molar-refractivity contribution in [2.75, 3.05) is 14.2 Å². The van der Waals surface area contributed by atoms with Crippen molar-refractivity contribution >= 4 is 5.97 Å². The van der Waals surface area contributed by atoms with E-state index in [1.54, 1.807) is 7.11 Å². The Bertz CT molecular complexity index is 209. The van der Waals surface area contributed by atoms with Gasteiger partial charge in [0.2, 0.25) is 0 Å². The fourth-order valence-corrected chi connectivity index (χ4v) is 2.15. The molecule has 0 saturated heterocycles. The summed E-state index contributed by atoms with van der Waals surface area (Å²) in [5, 5.41) is 0. The molecule has 0 aromatic carbocycles. The van der Waals surface area contributed by atoms with Crippen molar-refractivity contribution in [3.8, 4) is 0 Å². The smallest absolute Gasteiger partial charge is 0.323 e. The molecule has 0 aliphatic heterocycles. The molecule has 0 radical (unpaired) electrons. The third-order valence-corrected chi connectivity index (χ3v) is 3.20. The summed E-state index contributed by atoms with van der Waals surface area (Å²) in [5.74, 6) is -0.335. The van der Waals surface area contributed by atoms with Gasteiger partial charge in [0.15, 0.2) is 0 Å². The first kappa shape index (κ1) is 11.5. The van der Waals surface area contributed by atoms with E-state index in [4.69, 9.17) is 10.5 Å². The van der Waals surface area contributed by atoms with E-state index < -0.39 is 6.04 Å². The zero-order valence-corrected chi connectivity index (χ0v) is 9.08. The van der Waals surface area contributed by atoms with E-state index in [9.17, 15) is 4.79 Å². The predicted molar refractivity (Wildman–Crippen MR) is 52.7 cm³/mol. The Labute approximate surface area is 84.7 Å². The molecule has 4 heteroatoms. The van der Waals surface area contributed by atoms with Crippen LogP contribution in [0.4, 0.5) is 0 Å². The number of rotatable bonds is 5. The summed E-state index contributed by atoms with van der Waals surface area (Å²) < 4.78 is 10.0. The van der Waals surface area contributed by atoms with Crippen LogP contribution in [0.15, 0.2) is 0 Å². The largest absolute Gasteiger partial charge is 0.468 e. The van der Waals surface area contributed by atoms with E-state index in [1.165, 1.54) is 7.11 Å². The number of nitrogens with two attached hydrogens (primary N) is 1. The molecule has 1 saturated carbocycles. The van der Waals surface area contributed by atoms with E-state index in [1.807, 2.05) is 6.92 Å². The summed E-state index contributed by atoms with van der Waals surface area (Å²) in [6.45, 7) is 2.04. The van der Waals surface area contributed by atoms with Crippen LogP contribution in [0.3, 0.4) is 0 Å². The average molecular weight is 201 g/mol. The summed E-state index contributed by atoms with van der Waals surface area (Å²) in [5.41, 5.74) is 5.70. The van der Waals surface area contributed by atoms with Gasteiger partial charge in [-0.3, -0.25) is 4.79 Å². The van der Waals surface area contributed by atoms with Crippen molar-refractivity contribution in [2.24, 2.45) is 11.1 Å². The monoisotopic (exact) mass is 201 g/mol. The van der Waals surface area contributed by atoms with Gasteiger partial charge in [0.25, 0.3) is 0 Å². The van der Waals surface area contributed by atoms with E-state index in [2.05, 4.69) is 4.74 Å². The van der Waals surface area contributed by atoms with Gasteiger partial charge in [0.05, 0.1) is 13.2 Å². The molecule has 0 spiro atoms. The molecule has 1 fully saturated rings. The van der Waals surface area contributed by atoms with Gasteiger partial charge in [-0.15, -0.1) is 0 Å². The molecular formula is C10H19NO3. The van der Waals surface area contributed by atoms with Gasteiger partial charge in [-0.1, -0.05) is 6.92 Å². The van der Waals surface area contributed by atoms with Gasteiger partial charge >= 0.3 is 5.97 Å². The van der Waals surface area contributed by atoms with Crippen LogP contribution in [0.25, 0.3) is 0 Å². The Morgan fingerprint density at radius 2 is 2.07 bits per heavy atom. The van der Waals surface area contributed by atoms with E-state index in [0.717, 1.165) is 19.3 Å². The second-order valence-corrected chi connectivity index (χ2v) is 3.87. The standard InChI is InChI=1S/C10H19NO3/c1-4-7(13-2)10(5-6-10)8(11)9(12)14-3/h7-8H,4-6,11H2,1-3H3. The normalized spacial score (nSPS) is 22.6. The van der Waals surface area contributed by atoms with Crippen LogP contribution in [-0.4, -0.2) is 32.3 Å². The van der Waals surface area contributed by atoms with Gasteiger partial charge in [0.1, 0.15) is 6.04 Å². The van der Waals surface area contributed by atoms with Crippen LogP contribution in [0.2, 0.25) is 0 Å². The highest BCUT2D eigenvalue weighted by molar-refractivity contribution is 5.77. The molecule has 1 aliphatic carbocycles. The molecule has 82 valence electrons. The topological polar surface area (TPSA) is 61.5 Å². The summed E-state index contributed by atoms with van der Waals surface area (Å²) in [4.78, 5) is 11.3. The highest BCUT2D eigenvalue weighted by atomic mass is 16.5. The molecule has 0 heterocycles. The van der Waals surface area contributed by atoms with Crippen molar-refractivity contribution in [1.82, 2.24) is 0 Å². The molecule has 0 bridgehead atoms. The van der Waals surface area contributed by atoms with Crippen molar-refractivity contribution in [1.29, 1.82) is 0 Å². The first-order valence-corrected chi connectivity index (χ1v) is 4.98. The molecular weight excluding hydrogens is 182 g/mol. The lowest BCUT2D eigenvalue weighted by Gasteiger charge is -2.28. The minimum absolute atomic E-state index is 0.0663. The van der Waals surface area contributed by atoms with Crippen LogP contribution >= 0.6 is 0 Å². The zero-order valence-electron chi connectivity index (χ0n) is 9.08. The van der Waals surface area contributed by atoms with Gasteiger partial charge in [-0.25, -0.2) is 0 Å². The summed E-state index contributed by atoms with van der Waals surface area (Å²) in [6.07, 6.45) is 2.85. The van der Waals surface area contributed by atoms with Crippen LogP contribution in [0, 0.1) is 5.41 Å². The van der Waals surface area contributed by atoms with E-state index in [0.29, 0.717) is 0 Å². The molecule has 1 rings (SSSR count). The number of esters is 1. The lowest BCUT2D eigenvalue weighted by Crippen LogP contribution is -2.46. The number of hydrogen-bond donors (Lipinski definition) is 1. The maximum atomic E-state index is 11.3. The Balaban J connectivity index is 2.69. The highest BCUT2D eigenvalue weighted by Crippen LogP contribution is 2.53. The minimum atomic E-state index is -0.544. The third-order valence-electron chi connectivity index (χ3n) is 3.20. The Kier molecular flexibility index (Phi) is 3.50. The Morgan fingerprint density at radius 1 is 1.50 bits per heavy atom. The second-order valence-electron chi connectivity index (χ2n) is 3.87. The van der Waals surface area contributed by atoms with Gasteiger partial charge in [-0.2, -0.15) is 0 Å². The van der Waals surface area contributed by atoms with Crippen molar-refractivity contribution < 1.29 is 14.3 Å². The lowest BCUT2D eigenvalue weighted by atomic mass is 9.89. The van der Waals surface area contributed by atoms with Crippen molar-refractivity contribution in [3.63, 3.8) is 0 Å². The quantitative estimate of drug-likeness (QED) is 0.665. The first-order chi connectivity index (χ1) is 6.62. The number of carbonyl (C=O) groups is 1. The lowest BCUT2D eigenvalue weighted by molar-refractivity contribution is -0.146. The summed E-state index contributed by atoms with van der Waals surface area (Å²) >= 11 is 0. The first-order valence-electron chi connectivity index (χ1n) is 4.98. The van der Waals surface area contributed by atoms with Gasteiger partial charge in [0, 0.05) is 12.5 Å².